The van der Waals surface area contributed by atoms with Crippen molar-refractivity contribution < 1.29 is 24.5 Å². The van der Waals surface area contributed by atoms with E-state index in [4.69, 9.17) is 9.47 Å². The van der Waals surface area contributed by atoms with Gasteiger partial charge in [-0.05, 0) is 29.2 Å². The number of hydrogen-bond donors (Lipinski definition) is 2. The van der Waals surface area contributed by atoms with Gasteiger partial charge in [-0.25, -0.2) is 0 Å². The van der Waals surface area contributed by atoms with Gasteiger partial charge >= 0.3 is 0 Å². The predicted octanol–water partition coefficient (Wildman–Crippen LogP) is 3.97. The van der Waals surface area contributed by atoms with Crippen molar-refractivity contribution >= 4 is 5.91 Å². The fourth-order valence-electron chi connectivity index (χ4n) is 4.79. The van der Waals surface area contributed by atoms with E-state index in [1.807, 2.05) is 36.4 Å². The van der Waals surface area contributed by atoms with Crippen LogP contribution in [0.1, 0.15) is 38.2 Å². The molecule has 35 heavy (non-hydrogen) atoms. The van der Waals surface area contributed by atoms with E-state index in [0.29, 0.717) is 18.7 Å². The lowest BCUT2D eigenvalue weighted by Gasteiger charge is -2.27. The summed E-state index contributed by atoms with van der Waals surface area (Å²) in [6.07, 6.45) is 0. The van der Waals surface area contributed by atoms with Crippen molar-refractivity contribution in [1.82, 2.24) is 9.80 Å². The van der Waals surface area contributed by atoms with Gasteiger partial charge < -0.3 is 24.6 Å². The van der Waals surface area contributed by atoms with Gasteiger partial charge in [0.05, 0.1) is 13.2 Å². The van der Waals surface area contributed by atoms with Gasteiger partial charge in [-0.15, -0.1) is 0 Å². The van der Waals surface area contributed by atoms with Crippen LogP contribution < -0.4 is 4.74 Å². The molecule has 2 aliphatic rings. The first kappa shape index (κ1) is 23.2. The Morgan fingerprint density at radius 2 is 1.77 bits per heavy atom. The Balaban J connectivity index is 1.40. The lowest BCUT2D eigenvalue weighted by atomic mass is 10.0. The number of phenolic OH excluding ortho intramolecular Hbond substituents is 2. The molecular formula is C28H30N2O5. The Kier molecular flexibility index (Phi) is 6.61. The summed E-state index contributed by atoms with van der Waals surface area (Å²) in [6.45, 7) is 6.93. The third-order valence-corrected chi connectivity index (χ3v) is 6.79. The Labute approximate surface area is 205 Å². The van der Waals surface area contributed by atoms with Crippen LogP contribution in [0.4, 0.5) is 0 Å². The third-order valence-electron chi connectivity index (χ3n) is 6.79. The molecule has 2 heterocycles. The lowest BCUT2D eigenvalue weighted by molar-refractivity contribution is 0.0340. The van der Waals surface area contributed by atoms with Gasteiger partial charge in [-0.2, -0.15) is 0 Å². The summed E-state index contributed by atoms with van der Waals surface area (Å²) in [5.41, 5.74) is 4.92. The van der Waals surface area contributed by atoms with E-state index in [1.165, 1.54) is 11.6 Å². The third kappa shape index (κ3) is 4.83. The maximum absolute atomic E-state index is 13.7. The second-order valence-corrected chi connectivity index (χ2v) is 9.12. The van der Waals surface area contributed by atoms with Crippen LogP contribution in [0.5, 0.6) is 17.2 Å². The predicted molar refractivity (Wildman–Crippen MR) is 131 cm³/mol. The number of benzene rings is 3. The Morgan fingerprint density at radius 3 is 2.54 bits per heavy atom. The number of rotatable bonds is 6. The van der Waals surface area contributed by atoms with E-state index in [1.54, 1.807) is 11.8 Å². The summed E-state index contributed by atoms with van der Waals surface area (Å²) in [5.74, 6) is -0.506. The molecular weight excluding hydrogens is 444 g/mol. The van der Waals surface area contributed by atoms with E-state index in [9.17, 15) is 15.0 Å². The number of nitrogens with zero attached hydrogens (tertiary/aromatic N) is 2. The van der Waals surface area contributed by atoms with Gasteiger partial charge in [-0.3, -0.25) is 9.69 Å². The average molecular weight is 475 g/mol. The van der Waals surface area contributed by atoms with Gasteiger partial charge in [0.25, 0.3) is 5.91 Å². The second-order valence-electron chi connectivity index (χ2n) is 9.12. The largest absolute Gasteiger partial charge is 0.507 e. The van der Waals surface area contributed by atoms with Crippen molar-refractivity contribution in [2.45, 2.75) is 33.2 Å². The number of morpholine rings is 1. The number of amides is 1. The minimum absolute atomic E-state index is 0.0822. The fraction of sp³-hybridized carbons (Fsp3) is 0.321. The van der Waals surface area contributed by atoms with Crippen molar-refractivity contribution in [3.8, 4) is 17.2 Å². The molecule has 0 bridgehead atoms. The highest BCUT2D eigenvalue weighted by atomic mass is 16.5. The second kappa shape index (κ2) is 9.98. The van der Waals surface area contributed by atoms with Gasteiger partial charge in [0, 0.05) is 44.4 Å². The number of ether oxygens (including phenoxy) is 2. The van der Waals surface area contributed by atoms with Crippen molar-refractivity contribution in [3.63, 3.8) is 0 Å². The summed E-state index contributed by atoms with van der Waals surface area (Å²) in [6, 6.07) is 17.0. The number of aromatic hydroxyl groups is 2. The van der Waals surface area contributed by atoms with Crippen LogP contribution in [0.3, 0.4) is 0 Å². The molecule has 7 nitrogen and oxygen atoms in total. The molecule has 1 fully saturated rings. The van der Waals surface area contributed by atoms with Gasteiger partial charge in [-0.1, -0.05) is 48.5 Å². The fourth-order valence-corrected chi connectivity index (χ4v) is 4.79. The van der Waals surface area contributed by atoms with Crippen LogP contribution in [-0.2, 0) is 31.0 Å². The lowest BCUT2D eigenvalue weighted by Crippen LogP contribution is -2.36. The van der Waals surface area contributed by atoms with Gasteiger partial charge in [0.15, 0.2) is 0 Å². The first-order chi connectivity index (χ1) is 17.0. The monoisotopic (exact) mass is 474 g/mol. The van der Waals surface area contributed by atoms with Gasteiger partial charge in [0.1, 0.15) is 29.4 Å². The van der Waals surface area contributed by atoms with Crippen LogP contribution in [0.15, 0.2) is 54.6 Å². The quantitative estimate of drug-likeness (QED) is 0.563. The summed E-state index contributed by atoms with van der Waals surface area (Å²) < 4.78 is 11.5. The van der Waals surface area contributed by atoms with Crippen LogP contribution >= 0.6 is 0 Å². The number of phenols is 2. The van der Waals surface area contributed by atoms with E-state index in [2.05, 4.69) is 17.0 Å². The zero-order valence-electron chi connectivity index (χ0n) is 19.9. The standard InChI is InChI=1S/C28H30N2O5/c1-19-24(31)14-25(32)26(27(19)35-18-20-6-3-2-4-7-20)28(33)30-16-22-9-5-8-21(23(22)17-30)15-29-10-12-34-13-11-29/h2-9,14,31-32H,10-13,15-18H2,1H3. The molecule has 0 unspecified atom stereocenters. The van der Waals surface area contributed by atoms with Crippen LogP contribution in [-0.4, -0.2) is 52.2 Å². The first-order valence-corrected chi connectivity index (χ1v) is 11.9. The molecule has 3 aromatic rings. The highest BCUT2D eigenvalue weighted by Gasteiger charge is 2.31. The molecule has 0 saturated carbocycles. The normalized spacial score (nSPS) is 15.7. The van der Waals surface area contributed by atoms with Crippen LogP contribution in [0.2, 0.25) is 0 Å². The summed E-state index contributed by atoms with van der Waals surface area (Å²) in [4.78, 5) is 17.8. The molecule has 1 saturated heterocycles. The van der Waals surface area contributed by atoms with Gasteiger partial charge in [0.2, 0.25) is 0 Å². The van der Waals surface area contributed by atoms with Crippen molar-refractivity contribution in [2.75, 3.05) is 26.3 Å². The summed E-state index contributed by atoms with van der Waals surface area (Å²) in [7, 11) is 0. The molecule has 0 spiro atoms. The van der Waals surface area contributed by atoms with Crippen LogP contribution in [0, 0.1) is 6.92 Å². The molecule has 7 heteroatoms. The molecule has 1 amide bonds. The van der Waals surface area contributed by atoms with Crippen molar-refractivity contribution in [1.29, 1.82) is 0 Å². The zero-order valence-corrected chi connectivity index (χ0v) is 19.9. The average Bonchev–Trinajstić information content (AvgIpc) is 3.32. The smallest absolute Gasteiger partial charge is 0.262 e. The van der Waals surface area contributed by atoms with E-state index in [0.717, 1.165) is 49.5 Å². The highest BCUT2D eigenvalue weighted by Crippen LogP contribution is 2.40. The molecule has 3 aromatic carbocycles. The maximum Gasteiger partial charge on any atom is 0.262 e. The zero-order chi connectivity index (χ0) is 24.4. The van der Waals surface area contributed by atoms with E-state index >= 15 is 0 Å². The summed E-state index contributed by atoms with van der Waals surface area (Å²) >= 11 is 0. The Hall–Kier alpha value is -3.55. The minimum Gasteiger partial charge on any atom is -0.507 e. The highest BCUT2D eigenvalue weighted by molar-refractivity contribution is 6.00. The molecule has 2 aliphatic heterocycles. The van der Waals surface area contributed by atoms with Crippen molar-refractivity contribution in [3.05, 3.63) is 88.0 Å². The maximum atomic E-state index is 13.7. The molecule has 0 radical (unpaired) electrons. The minimum atomic E-state index is -0.317. The number of carbonyl (C=O) groups is 1. The van der Waals surface area contributed by atoms with E-state index in [-0.39, 0.29) is 35.3 Å². The number of fused-ring (bicyclic) bond motifs is 1. The summed E-state index contributed by atoms with van der Waals surface area (Å²) in [5, 5.41) is 21.0. The van der Waals surface area contributed by atoms with Crippen molar-refractivity contribution in [2.24, 2.45) is 0 Å². The van der Waals surface area contributed by atoms with E-state index < -0.39 is 0 Å². The SMILES string of the molecule is Cc1c(O)cc(O)c(C(=O)N2Cc3cccc(CN4CCOCC4)c3C2)c1OCc1ccccc1. The number of hydrogen-bond acceptors (Lipinski definition) is 6. The molecule has 182 valence electrons. The Morgan fingerprint density at radius 1 is 1.00 bits per heavy atom. The topological polar surface area (TPSA) is 82.5 Å². The molecule has 0 aliphatic carbocycles. The molecule has 0 atom stereocenters. The molecule has 5 rings (SSSR count). The molecule has 0 aromatic heterocycles. The van der Waals surface area contributed by atoms with Crippen LogP contribution in [0.25, 0.3) is 0 Å². The molecule has 2 N–H and O–H groups in total. The number of carbonyl (C=O) groups excluding carboxylic acids is 1. The Bertz CT molecular complexity index is 1220. The first-order valence-electron chi connectivity index (χ1n) is 11.9.